The van der Waals surface area contributed by atoms with Crippen molar-refractivity contribution in [1.29, 1.82) is 0 Å². The Balaban J connectivity index is 1.25. The Morgan fingerprint density at radius 3 is 2.81 bits per heavy atom. The lowest BCUT2D eigenvalue weighted by molar-refractivity contribution is 0.0423. The van der Waals surface area contributed by atoms with Gasteiger partial charge < -0.3 is 20.7 Å². The number of aromatic amines is 1. The van der Waals surface area contributed by atoms with Gasteiger partial charge in [-0.2, -0.15) is 5.10 Å². The van der Waals surface area contributed by atoms with Gasteiger partial charge in [-0.1, -0.05) is 12.7 Å². The van der Waals surface area contributed by atoms with Crippen molar-refractivity contribution in [2.45, 2.75) is 51.6 Å². The number of aromatic nitrogens is 2. The van der Waals surface area contributed by atoms with Crippen molar-refractivity contribution in [1.82, 2.24) is 26.1 Å². The molecule has 3 fully saturated rings. The third-order valence-corrected chi connectivity index (χ3v) is 7.72. The van der Waals surface area contributed by atoms with E-state index in [0.717, 1.165) is 60.5 Å². The lowest BCUT2D eigenvalue weighted by Crippen LogP contribution is -2.54. The monoisotopic (exact) mass is 491 g/mol. The summed E-state index contributed by atoms with van der Waals surface area (Å²) in [5.41, 5.74) is 5.24. The minimum atomic E-state index is -0.410. The molecule has 2 aliphatic heterocycles. The molecule has 5 rings (SSSR count). The molecule has 1 aliphatic carbocycles. The van der Waals surface area contributed by atoms with Crippen molar-refractivity contribution >= 4 is 11.5 Å². The van der Waals surface area contributed by atoms with Crippen LogP contribution in [0.2, 0.25) is 0 Å². The number of amides is 1. The summed E-state index contributed by atoms with van der Waals surface area (Å²) in [7, 11) is 0. The molecule has 4 N–H and O–H groups in total. The Bertz CT molecular complexity index is 1190. The molecule has 0 atom stereocenters. The Morgan fingerprint density at radius 2 is 2.08 bits per heavy atom. The smallest absolute Gasteiger partial charge is 0.251 e. The summed E-state index contributed by atoms with van der Waals surface area (Å²) in [5.74, 6) is 0.166. The molecule has 1 aromatic heterocycles. The second-order valence-corrected chi connectivity index (χ2v) is 10.2. The number of nitrogens with one attached hydrogen (secondary N) is 4. The largest absolute Gasteiger partial charge is 0.492 e. The van der Waals surface area contributed by atoms with E-state index >= 15 is 0 Å². The van der Waals surface area contributed by atoms with Crippen molar-refractivity contribution in [2.24, 2.45) is 5.41 Å². The molecule has 1 aromatic carbocycles. The summed E-state index contributed by atoms with van der Waals surface area (Å²) in [6, 6.07) is 4.73. The van der Waals surface area contributed by atoms with Gasteiger partial charge in [0.15, 0.2) is 0 Å². The van der Waals surface area contributed by atoms with E-state index in [0.29, 0.717) is 29.7 Å². The van der Waals surface area contributed by atoms with Crippen molar-refractivity contribution in [3.05, 3.63) is 82.8 Å². The van der Waals surface area contributed by atoms with Crippen molar-refractivity contribution < 1.29 is 13.9 Å². The minimum absolute atomic E-state index is 0.175. The molecular formula is C28H34FN5O2. The number of rotatable bonds is 7. The fourth-order valence-electron chi connectivity index (χ4n) is 5.74. The summed E-state index contributed by atoms with van der Waals surface area (Å²) < 4.78 is 20.4. The molecule has 190 valence electrons. The molecule has 3 heterocycles. The number of H-pyrrole nitrogens is 1. The molecule has 2 aromatic rings. The summed E-state index contributed by atoms with van der Waals surface area (Å²) in [4.78, 5) is 12.9. The number of ether oxygens (including phenoxy) is 1. The Morgan fingerprint density at radius 1 is 1.28 bits per heavy atom. The first kappa shape index (κ1) is 24.3. The average Bonchev–Trinajstić information content (AvgIpc) is 3.56. The molecule has 1 saturated carbocycles. The Labute approximate surface area is 211 Å². The van der Waals surface area contributed by atoms with E-state index in [-0.39, 0.29) is 11.9 Å². The molecule has 8 heteroatoms. The van der Waals surface area contributed by atoms with Crippen molar-refractivity contribution in [2.75, 3.05) is 19.7 Å². The van der Waals surface area contributed by atoms with Gasteiger partial charge in [0.05, 0.1) is 12.8 Å². The zero-order valence-corrected chi connectivity index (χ0v) is 20.8. The minimum Gasteiger partial charge on any atom is -0.492 e. The highest BCUT2D eigenvalue weighted by Gasteiger charge is 2.45. The molecule has 2 saturated heterocycles. The molecule has 7 nitrogen and oxygen atoms in total. The third-order valence-electron chi connectivity index (χ3n) is 7.72. The maximum absolute atomic E-state index is 14.4. The molecule has 36 heavy (non-hydrogen) atoms. The normalized spacial score (nSPS) is 21.9. The Kier molecular flexibility index (Phi) is 6.96. The van der Waals surface area contributed by atoms with E-state index in [4.69, 9.17) is 4.74 Å². The van der Waals surface area contributed by atoms with Gasteiger partial charge in [0.1, 0.15) is 11.6 Å². The van der Waals surface area contributed by atoms with Crippen molar-refractivity contribution in [3.63, 3.8) is 0 Å². The maximum Gasteiger partial charge on any atom is 0.251 e. The van der Waals surface area contributed by atoms with Gasteiger partial charge in [-0.05, 0) is 74.9 Å². The number of nitrogens with zero attached hydrogens (tertiary/aromatic N) is 1. The van der Waals surface area contributed by atoms with Gasteiger partial charge in [-0.15, -0.1) is 0 Å². The standard InChI is InChI=1S/C28H34FN5O2/c1-3-24(21-16-32-33-17-21)26-25(4-9-36-26)18(2)31-15-19-10-20(12-22(29)11-19)27(35)34-23-13-28(14-23)5-7-30-8-6-28/h3,10-12,16-17,23,30-31H,1,4-9,13-15H2,2H3,(H,32,33)(H,34,35)/b25-18+,26-24-. The van der Waals surface area contributed by atoms with E-state index in [1.54, 1.807) is 24.5 Å². The zero-order chi connectivity index (χ0) is 25.1. The molecule has 0 bridgehead atoms. The van der Waals surface area contributed by atoms with E-state index in [2.05, 4.69) is 32.7 Å². The topological polar surface area (TPSA) is 91.1 Å². The molecule has 1 spiro atoms. The van der Waals surface area contributed by atoms with Gasteiger partial charge >= 0.3 is 0 Å². The summed E-state index contributed by atoms with van der Waals surface area (Å²) in [5, 5.41) is 16.8. The van der Waals surface area contributed by atoms with Crippen LogP contribution in [0.25, 0.3) is 5.57 Å². The van der Waals surface area contributed by atoms with Crippen LogP contribution < -0.4 is 16.0 Å². The van der Waals surface area contributed by atoms with Crippen LogP contribution in [0, 0.1) is 11.2 Å². The van der Waals surface area contributed by atoms with E-state index in [1.807, 2.05) is 6.92 Å². The van der Waals surface area contributed by atoms with Gasteiger partial charge in [-0.25, -0.2) is 4.39 Å². The second-order valence-electron chi connectivity index (χ2n) is 10.2. The SMILES string of the molecule is C=C/C(=C1/OCC/C1=C(/C)NCc1cc(F)cc(C(=O)NC2CC3(CCNCC3)C2)c1)c1cn[nH]c1. The first-order chi connectivity index (χ1) is 17.5. The molecule has 0 radical (unpaired) electrons. The number of halogens is 1. The van der Waals surface area contributed by atoms with Crippen molar-refractivity contribution in [3.8, 4) is 0 Å². The van der Waals surface area contributed by atoms with Crippen LogP contribution in [-0.4, -0.2) is 41.8 Å². The number of piperidine rings is 1. The number of hydrogen-bond acceptors (Lipinski definition) is 5. The highest BCUT2D eigenvalue weighted by molar-refractivity contribution is 5.94. The summed E-state index contributed by atoms with van der Waals surface area (Å²) >= 11 is 0. The first-order valence-corrected chi connectivity index (χ1v) is 12.7. The predicted molar refractivity (Wildman–Crippen MR) is 137 cm³/mol. The lowest BCUT2D eigenvalue weighted by atomic mass is 9.60. The molecule has 0 unspecified atom stereocenters. The number of benzene rings is 1. The summed E-state index contributed by atoms with van der Waals surface area (Å²) in [6.07, 6.45) is 10.4. The quantitative estimate of drug-likeness (QED) is 0.466. The Hall–Kier alpha value is -3.39. The third kappa shape index (κ3) is 5.09. The van der Waals surface area contributed by atoms with Crippen LogP contribution in [0.1, 0.15) is 60.5 Å². The summed E-state index contributed by atoms with van der Waals surface area (Å²) in [6.45, 7) is 9.01. The highest BCUT2D eigenvalue weighted by Crippen LogP contribution is 2.47. The number of hydrogen-bond donors (Lipinski definition) is 4. The highest BCUT2D eigenvalue weighted by atomic mass is 19.1. The van der Waals surface area contributed by atoms with E-state index in [9.17, 15) is 9.18 Å². The van der Waals surface area contributed by atoms with Gasteiger partial charge in [0, 0.05) is 53.2 Å². The van der Waals surface area contributed by atoms with Crippen LogP contribution in [0.4, 0.5) is 4.39 Å². The number of carbonyl (C=O) groups is 1. The molecular weight excluding hydrogens is 457 g/mol. The van der Waals surface area contributed by atoms with E-state index < -0.39 is 5.82 Å². The number of carbonyl (C=O) groups excluding carboxylic acids is 1. The van der Waals surface area contributed by atoms with Crippen LogP contribution in [0.15, 0.2) is 60.3 Å². The maximum atomic E-state index is 14.4. The van der Waals surface area contributed by atoms with Gasteiger partial charge in [0.25, 0.3) is 5.91 Å². The van der Waals surface area contributed by atoms with E-state index in [1.165, 1.54) is 25.0 Å². The second kappa shape index (κ2) is 10.3. The predicted octanol–water partition coefficient (Wildman–Crippen LogP) is 4.19. The first-order valence-electron chi connectivity index (χ1n) is 12.7. The number of allylic oxidation sites excluding steroid dienone is 4. The average molecular weight is 492 g/mol. The van der Waals surface area contributed by atoms with Crippen LogP contribution in [0.3, 0.4) is 0 Å². The fourth-order valence-corrected chi connectivity index (χ4v) is 5.74. The lowest BCUT2D eigenvalue weighted by Gasteiger charge is -2.50. The van der Waals surface area contributed by atoms with Crippen LogP contribution in [-0.2, 0) is 11.3 Å². The van der Waals surface area contributed by atoms with Gasteiger partial charge in [0.2, 0.25) is 0 Å². The van der Waals surface area contributed by atoms with Gasteiger partial charge in [-0.3, -0.25) is 9.89 Å². The van der Waals surface area contributed by atoms with Crippen LogP contribution >= 0.6 is 0 Å². The zero-order valence-electron chi connectivity index (χ0n) is 20.8. The molecule has 1 amide bonds. The molecule has 3 aliphatic rings. The fraction of sp³-hybridized carbons (Fsp3) is 0.429. The van der Waals surface area contributed by atoms with Crippen LogP contribution in [0.5, 0.6) is 0 Å².